The van der Waals surface area contributed by atoms with Gasteiger partial charge in [0.1, 0.15) is 5.75 Å². The van der Waals surface area contributed by atoms with E-state index in [1.807, 2.05) is 11.9 Å². The van der Waals surface area contributed by atoms with Crippen LogP contribution >= 0.6 is 11.8 Å². The third-order valence-corrected chi connectivity index (χ3v) is 14.2. The summed E-state index contributed by atoms with van der Waals surface area (Å²) in [5, 5.41) is 0. The molecule has 2 saturated carbocycles. The molecule has 4 fully saturated rings. The van der Waals surface area contributed by atoms with Gasteiger partial charge in [-0.25, -0.2) is 0 Å². The van der Waals surface area contributed by atoms with Gasteiger partial charge in [-0.2, -0.15) is 11.8 Å². The van der Waals surface area contributed by atoms with Crippen molar-refractivity contribution in [3.05, 3.63) is 64.7 Å². The van der Waals surface area contributed by atoms with E-state index >= 15 is 0 Å². The normalized spacial score (nSPS) is 30.7. The van der Waals surface area contributed by atoms with Crippen LogP contribution in [0.15, 0.2) is 42.5 Å². The molecule has 2 aromatic carbocycles. The highest BCUT2D eigenvalue weighted by Crippen LogP contribution is 2.65. The van der Waals surface area contributed by atoms with Crippen LogP contribution in [-0.2, 0) is 25.4 Å². The zero-order chi connectivity index (χ0) is 36.6. The number of carbonyl (C=O) groups is 1. The van der Waals surface area contributed by atoms with E-state index in [0.29, 0.717) is 29.4 Å². The number of thioether (sulfide) groups is 1. The first-order valence-corrected chi connectivity index (χ1v) is 22.2. The molecule has 8 atom stereocenters. The molecule has 3 aliphatic carbocycles. The summed E-state index contributed by atoms with van der Waals surface area (Å²) in [4.78, 5) is 14.2. The highest BCUT2D eigenvalue weighted by molar-refractivity contribution is 7.99. The molecule has 2 aliphatic heterocycles. The van der Waals surface area contributed by atoms with Crippen LogP contribution in [0, 0.1) is 29.1 Å². The molecular formula is C46H63NO5S. The minimum atomic E-state index is -0.122. The maximum atomic E-state index is 12.3. The third-order valence-electron chi connectivity index (χ3n) is 13.1. The fourth-order valence-electron chi connectivity index (χ4n) is 10.2. The number of rotatable bonds is 13. The maximum Gasteiger partial charge on any atom is 0.232 e. The first kappa shape index (κ1) is 38.8. The largest absolute Gasteiger partial charge is 0.465 e. The van der Waals surface area contributed by atoms with E-state index in [9.17, 15) is 4.79 Å². The van der Waals surface area contributed by atoms with Gasteiger partial charge in [0.05, 0.1) is 18.5 Å². The average Bonchev–Trinajstić information content (AvgIpc) is 3.52. The number of ether oxygens (including phenoxy) is 4. The van der Waals surface area contributed by atoms with Gasteiger partial charge in [-0.05, 0) is 153 Å². The Hall–Kier alpha value is -2.50. The Morgan fingerprint density at radius 2 is 1.75 bits per heavy atom. The van der Waals surface area contributed by atoms with Crippen molar-refractivity contribution < 1.29 is 23.7 Å². The smallest absolute Gasteiger partial charge is 0.232 e. The zero-order valence-corrected chi connectivity index (χ0v) is 33.4. The monoisotopic (exact) mass is 741 g/mol. The highest BCUT2D eigenvalue weighted by Gasteiger charge is 2.59. The fourth-order valence-corrected chi connectivity index (χ4v) is 11.1. The van der Waals surface area contributed by atoms with E-state index in [2.05, 4.69) is 68.2 Å². The predicted molar refractivity (Wildman–Crippen MR) is 214 cm³/mol. The first-order valence-electron chi connectivity index (χ1n) is 21.0. The summed E-state index contributed by atoms with van der Waals surface area (Å²) >= 11 is 1.73. The molecular weight excluding hydrogens is 679 g/mol. The lowest BCUT2D eigenvalue weighted by molar-refractivity contribution is -0.213. The van der Waals surface area contributed by atoms with Crippen molar-refractivity contribution in [1.82, 2.24) is 4.90 Å². The van der Waals surface area contributed by atoms with Crippen LogP contribution in [0.5, 0.6) is 5.75 Å². The van der Waals surface area contributed by atoms with Crippen LogP contribution in [0.1, 0.15) is 138 Å². The first-order chi connectivity index (χ1) is 25.9. The Bertz CT molecular complexity index is 1560. The lowest BCUT2D eigenvalue weighted by Gasteiger charge is -2.54. The van der Waals surface area contributed by atoms with Crippen LogP contribution in [0.25, 0.3) is 0 Å². The molecule has 2 saturated heterocycles. The van der Waals surface area contributed by atoms with Gasteiger partial charge in [0.15, 0.2) is 12.6 Å². The van der Waals surface area contributed by atoms with Crippen molar-refractivity contribution in [2.45, 2.75) is 141 Å². The van der Waals surface area contributed by atoms with Gasteiger partial charge in [0.25, 0.3) is 0 Å². The standard InChI is InChI=1S/C46H63NO5S/c1-4-5-26-47(3)42(48)32-53-29-12-6-7-13-33-16-18-34(19-17-33)39-31-46(2)40(24-25-41(46)52-44-15-9-11-28-50-44)38-22-20-35-30-36(21-23-37(35)45(38)39)51-43-14-8-10-27-49-43/h16-19,21,23,30,38-41,43-45H,4-6,8-12,14-15,20,22,24-29,31-32H2,1-3H3/t38-,39+,40-,41-,43?,44?,45+,46-/m0/s1. The minimum Gasteiger partial charge on any atom is -0.465 e. The number of nitrogens with zero attached hydrogens (tertiary/aromatic N) is 1. The van der Waals surface area contributed by atoms with Gasteiger partial charge in [0, 0.05) is 38.6 Å². The second-order valence-corrected chi connectivity index (χ2v) is 17.8. The molecule has 0 radical (unpaired) electrons. The summed E-state index contributed by atoms with van der Waals surface area (Å²) in [5.74, 6) is 11.7. The molecule has 1 amide bonds. The Kier molecular flexibility index (Phi) is 13.5. The van der Waals surface area contributed by atoms with E-state index in [1.54, 1.807) is 11.8 Å². The van der Waals surface area contributed by atoms with Gasteiger partial charge in [-0.3, -0.25) is 4.79 Å². The Labute approximate surface area is 323 Å². The number of aryl methyl sites for hydroxylation is 1. The molecule has 0 spiro atoms. The van der Waals surface area contributed by atoms with E-state index in [1.165, 1.54) is 42.4 Å². The lowest BCUT2D eigenvalue weighted by atomic mass is 9.51. The zero-order valence-electron chi connectivity index (χ0n) is 32.6. The molecule has 2 unspecified atom stereocenters. The fraction of sp³-hybridized carbons (Fsp3) is 0.674. The second kappa shape index (κ2) is 18.4. The van der Waals surface area contributed by atoms with Gasteiger partial charge < -0.3 is 23.8 Å². The maximum absolute atomic E-state index is 12.3. The van der Waals surface area contributed by atoms with Crippen LogP contribution in [0.3, 0.4) is 0 Å². The summed E-state index contributed by atoms with van der Waals surface area (Å²) in [6, 6.07) is 16.2. The lowest BCUT2D eigenvalue weighted by Crippen LogP contribution is -2.48. The quantitative estimate of drug-likeness (QED) is 0.151. The molecule has 0 bridgehead atoms. The molecule has 2 heterocycles. The van der Waals surface area contributed by atoms with Crippen molar-refractivity contribution in [3.63, 3.8) is 0 Å². The average molecular weight is 742 g/mol. The van der Waals surface area contributed by atoms with Gasteiger partial charge >= 0.3 is 0 Å². The molecule has 6 nitrogen and oxygen atoms in total. The number of amides is 1. The summed E-state index contributed by atoms with van der Waals surface area (Å²) in [6.45, 7) is 7.19. The van der Waals surface area contributed by atoms with Crippen molar-refractivity contribution in [2.24, 2.45) is 17.3 Å². The van der Waals surface area contributed by atoms with Crippen molar-refractivity contribution in [3.8, 4) is 17.6 Å². The summed E-state index contributed by atoms with van der Waals surface area (Å²) in [5.41, 5.74) is 5.62. The highest BCUT2D eigenvalue weighted by atomic mass is 32.2. The molecule has 288 valence electrons. The molecule has 2 aromatic rings. The summed E-state index contributed by atoms with van der Waals surface area (Å²) in [7, 11) is 1.92. The Morgan fingerprint density at radius 3 is 2.51 bits per heavy atom. The number of hydrogen-bond donors (Lipinski definition) is 0. The third kappa shape index (κ3) is 9.31. The molecule has 7 heteroatoms. The van der Waals surface area contributed by atoms with Crippen molar-refractivity contribution in [1.29, 1.82) is 0 Å². The van der Waals surface area contributed by atoms with Crippen LogP contribution in [-0.4, -0.2) is 67.8 Å². The van der Waals surface area contributed by atoms with E-state index in [-0.39, 0.29) is 30.0 Å². The summed E-state index contributed by atoms with van der Waals surface area (Å²) < 4.78 is 25.3. The second-order valence-electron chi connectivity index (χ2n) is 16.7. The number of benzene rings is 2. The Morgan fingerprint density at radius 1 is 0.962 bits per heavy atom. The van der Waals surface area contributed by atoms with Crippen LogP contribution in [0.2, 0.25) is 0 Å². The minimum absolute atomic E-state index is 0.0460. The topological polar surface area (TPSA) is 57.2 Å². The van der Waals surface area contributed by atoms with Crippen LogP contribution < -0.4 is 4.74 Å². The number of fused-ring (bicyclic) bond motifs is 5. The van der Waals surface area contributed by atoms with E-state index < -0.39 is 0 Å². The van der Waals surface area contributed by atoms with Crippen molar-refractivity contribution in [2.75, 3.05) is 38.3 Å². The predicted octanol–water partition coefficient (Wildman–Crippen LogP) is 9.88. The van der Waals surface area contributed by atoms with Crippen LogP contribution in [0.4, 0.5) is 0 Å². The molecule has 5 aliphatic rings. The molecule has 53 heavy (non-hydrogen) atoms. The number of hydrogen-bond acceptors (Lipinski definition) is 6. The Balaban J connectivity index is 1.05. The van der Waals surface area contributed by atoms with Gasteiger partial charge in [-0.1, -0.05) is 50.3 Å². The SMILES string of the molecule is CCCCN(C)C(=O)CSCCCC#Cc1ccc([C@H]2C[C@]3(C)[C@@H](OC4CCCCO4)CC[C@H]3[C@@H]3CCc4cc(OC5CCCCO5)ccc4[C@H]32)cc1. The van der Waals surface area contributed by atoms with Gasteiger partial charge in [0.2, 0.25) is 5.91 Å². The van der Waals surface area contributed by atoms with Gasteiger partial charge in [-0.15, -0.1) is 0 Å². The molecule has 7 rings (SSSR count). The molecule has 0 N–H and O–H groups in total. The number of unbranched alkanes of at least 4 members (excludes halogenated alkanes) is 2. The van der Waals surface area contributed by atoms with E-state index in [4.69, 9.17) is 18.9 Å². The molecule has 0 aromatic heterocycles. The number of carbonyl (C=O) groups excluding carboxylic acids is 1. The van der Waals surface area contributed by atoms with Crippen molar-refractivity contribution >= 4 is 17.7 Å². The van der Waals surface area contributed by atoms with E-state index in [0.717, 1.165) is 107 Å². The summed E-state index contributed by atoms with van der Waals surface area (Å²) in [6.07, 6.45) is 16.6.